The van der Waals surface area contributed by atoms with Crippen molar-refractivity contribution in [1.82, 2.24) is 4.90 Å². The predicted octanol–water partition coefficient (Wildman–Crippen LogP) is 1.31. The molecule has 0 aromatic heterocycles. The zero-order chi connectivity index (χ0) is 8.55. The molecule has 2 rings (SSSR count). The molecule has 12 heavy (non-hydrogen) atoms. The minimum atomic E-state index is 0.426. The highest BCUT2D eigenvalue weighted by Gasteiger charge is 2.35. The third-order valence-electron chi connectivity index (χ3n) is 3.29. The highest BCUT2D eigenvalue weighted by Crippen LogP contribution is 2.33. The molecule has 0 amide bonds. The van der Waals surface area contributed by atoms with Gasteiger partial charge in [-0.1, -0.05) is 12.8 Å². The van der Waals surface area contributed by atoms with E-state index in [9.17, 15) is 4.79 Å². The molecule has 2 aliphatic rings. The smallest absolute Gasteiger partial charge is 0.150 e. The van der Waals surface area contributed by atoms with E-state index >= 15 is 0 Å². The van der Waals surface area contributed by atoms with Crippen LogP contribution in [0.2, 0.25) is 0 Å². The van der Waals surface area contributed by atoms with Gasteiger partial charge in [0.2, 0.25) is 0 Å². The van der Waals surface area contributed by atoms with Gasteiger partial charge in [-0.3, -0.25) is 9.69 Å². The highest BCUT2D eigenvalue weighted by atomic mass is 16.1. The molecule has 1 aliphatic heterocycles. The van der Waals surface area contributed by atoms with E-state index in [1.165, 1.54) is 19.3 Å². The number of piperidine rings is 1. The third kappa shape index (κ3) is 1.40. The van der Waals surface area contributed by atoms with Gasteiger partial charge >= 0.3 is 0 Å². The Morgan fingerprint density at radius 3 is 2.92 bits per heavy atom. The van der Waals surface area contributed by atoms with Crippen LogP contribution in [0.15, 0.2) is 0 Å². The lowest BCUT2D eigenvalue weighted by Gasteiger charge is -2.38. The van der Waals surface area contributed by atoms with Crippen molar-refractivity contribution in [3.8, 4) is 0 Å². The second-order valence-electron chi connectivity index (χ2n) is 4.31. The van der Waals surface area contributed by atoms with Crippen LogP contribution in [0.5, 0.6) is 0 Å². The first-order valence-corrected chi connectivity index (χ1v) is 4.98. The van der Waals surface area contributed by atoms with Crippen LogP contribution in [0, 0.1) is 11.8 Å². The molecule has 0 aromatic carbocycles. The number of hydrogen-bond donors (Lipinski definition) is 0. The number of carbonyl (C=O) groups is 1. The van der Waals surface area contributed by atoms with Crippen LogP contribution in [0.25, 0.3) is 0 Å². The maximum absolute atomic E-state index is 11.6. The van der Waals surface area contributed by atoms with Gasteiger partial charge in [-0.05, 0) is 25.8 Å². The van der Waals surface area contributed by atoms with Crippen molar-refractivity contribution in [2.75, 3.05) is 20.1 Å². The summed E-state index contributed by atoms with van der Waals surface area (Å²) in [5.41, 5.74) is 0. The molecule has 0 aromatic rings. The van der Waals surface area contributed by atoms with E-state index in [2.05, 4.69) is 11.9 Å². The van der Waals surface area contributed by atoms with Crippen molar-refractivity contribution >= 4 is 5.78 Å². The van der Waals surface area contributed by atoms with Crippen molar-refractivity contribution < 1.29 is 4.79 Å². The van der Waals surface area contributed by atoms with Crippen molar-refractivity contribution in [2.45, 2.75) is 25.7 Å². The Labute approximate surface area is 73.9 Å². The Morgan fingerprint density at radius 2 is 2.08 bits per heavy atom. The third-order valence-corrected chi connectivity index (χ3v) is 3.29. The lowest BCUT2D eigenvalue weighted by Crippen LogP contribution is -2.46. The SMILES string of the molecule is CN1CC(=O)[C@H]2CCCC[C@@H]2C1. The van der Waals surface area contributed by atoms with Gasteiger partial charge in [0.15, 0.2) is 0 Å². The molecule has 0 bridgehead atoms. The summed E-state index contributed by atoms with van der Waals surface area (Å²) in [5.74, 6) is 1.61. The number of nitrogens with zero attached hydrogens (tertiary/aromatic N) is 1. The Bertz CT molecular complexity index is 190. The fourth-order valence-electron chi connectivity index (χ4n) is 2.70. The van der Waals surface area contributed by atoms with E-state index in [1.54, 1.807) is 0 Å². The van der Waals surface area contributed by atoms with Gasteiger partial charge in [-0.2, -0.15) is 0 Å². The van der Waals surface area contributed by atoms with E-state index in [1.807, 2.05) is 0 Å². The molecule has 1 heterocycles. The van der Waals surface area contributed by atoms with Gasteiger partial charge in [0, 0.05) is 12.5 Å². The van der Waals surface area contributed by atoms with Gasteiger partial charge in [0.25, 0.3) is 0 Å². The van der Waals surface area contributed by atoms with Crippen LogP contribution in [0.1, 0.15) is 25.7 Å². The predicted molar refractivity (Wildman–Crippen MR) is 48.0 cm³/mol. The highest BCUT2D eigenvalue weighted by molar-refractivity contribution is 5.84. The average molecular weight is 167 g/mol. The molecule has 2 nitrogen and oxygen atoms in total. The number of hydrogen-bond acceptors (Lipinski definition) is 2. The topological polar surface area (TPSA) is 20.3 Å². The average Bonchev–Trinajstić information content (AvgIpc) is 2.04. The number of likely N-dealkylation sites (tertiary alicyclic amines) is 1. The van der Waals surface area contributed by atoms with Crippen molar-refractivity contribution in [3.63, 3.8) is 0 Å². The number of likely N-dealkylation sites (N-methyl/N-ethyl adjacent to an activating group) is 1. The van der Waals surface area contributed by atoms with E-state index in [0.29, 0.717) is 24.2 Å². The maximum atomic E-state index is 11.6. The Kier molecular flexibility index (Phi) is 2.18. The fraction of sp³-hybridized carbons (Fsp3) is 0.900. The van der Waals surface area contributed by atoms with Crippen molar-refractivity contribution in [1.29, 1.82) is 0 Å². The molecule has 2 heteroatoms. The van der Waals surface area contributed by atoms with Gasteiger partial charge < -0.3 is 0 Å². The van der Waals surface area contributed by atoms with E-state index in [-0.39, 0.29) is 0 Å². The van der Waals surface area contributed by atoms with Crippen molar-refractivity contribution in [2.24, 2.45) is 11.8 Å². The number of ketones is 1. The second-order valence-corrected chi connectivity index (χ2v) is 4.31. The molecule has 0 unspecified atom stereocenters. The number of Topliss-reactive ketones (excluding diaryl/α,β-unsaturated/α-hetero) is 1. The molecular weight excluding hydrogens is 150 g/mol. The summed E-state index contributed by atoms with van der Waals surface area (Å²) in [5, 5.41) is 0. The van der Waals surface area contributed by atoms with E-state index in [0.717, 1.165) is 13.0 Å². The molecule has 1 saturated carbocycles. The van der Waals surface area contributed by atoms with Crippen LogP contribution >= 0.6 is 0 Å². The van der Waals surface area contributed by atoms with Crippen LogP contribution in [0.4, 0.5) is 0 Å². The molecule has 0 N–H and O–H groups in total. The van der Waals surface area contributed by atoms with Gasteiger partial charge in [-0.15, -0.1) is 0 Å². The lowest BCUT2D eigenvalue weighted by molar-refractivity contribution is -0.130. The molecule has 0 spiro atoms. The zero-order valence-corrected chi connectivity index (χ0v) is 7.75. The lowest BCUT2D eigenvalue weighted by atomic mass is 9.74. The molecular formula is C10H17NO. The normalized spacial score (nSPS) is 37.9. The summed E-state index contributed by atoms with van der Waals surface area (Å²) in [6, 6.07) is 0. The Hall–Kier alpha value is -0.370. The first-order chi connectivity index (χ1) is 5.77. The minimum Gasteiger partial charge on any atom is -0.299 e. The zero-order valence-electron chi connectivity index (χ0n) is 7.75. The largest absolute Gasteiger partial charge is 0.299 e. The molecule has 1 aliphatic carbocycles. The van der Waals surface area contributed by atoms with E-state index in [4.69, 9.17) is 0 Å². The molecule has 1 saturated heterocycles. The number of rotatable bonds is 0. The van der Waals surface area contributed by atoms with Gasteiger partial charge in [0.05, 0.1) is 6.54 Å². The number of fused-ring (bicyclic) bond motifs is 1. The number of carbonyl (C=O) groups excluding carboxylic acids is 1. The van der Waals surface area contributed by atoms with Crippen LogP contribution in [-0.2, 0) is 4.79 Å². The summed E-state index contributed by atoms with van der Waals surface area (Å²) in [6.07, 6.45) is 5.05. The van der Waals surface area contributed by atoms with Crippen LogP contribution in [-0.4, -0.2) is 30.8 Å². The summed E-state index contributed by atoms with van der Waals surface area (Å²) < 4.78 is 0. The standard InChI is InChI=1S/C10H17NO/c1-11-6-8-4-2-3-5-9(8)10(12)7-11/h8-9H,2-7H2,1H3/t8-,9+/m1/s1. The fourth-order valence-corrected chi connectivity index (χ4v) is 2.70. The molecule has 2 atom stereocenters. The minimum absolute atomic E-state index is 0.426. The summed E-state index contributed by atoms with van der Waals surface area (Å²) in [7, 11) is 2.06. The van der Waals surface area contributed by atoms with Gasteiger partial charge in [-0.25, -0.2) is 0 Å². The molecule has 0 radical (unpaired) electrons. The quantitative estimate of drug-likeness (QED) is 0.542. The monoisotopic (exact) mass is 167 g/mol. The first kappa shape index (κ1) is 8.24. The summed E-state index contributed by atoms with van der Waals surface area (Å²) >= 11 is 0. The second kappa shape index (κ2) is 3.17. The van der Waals surface area contributed by atoms with E-state index < -0.39 is 0 Å². The Morgan fingerprint density at radius 1 is 1.33 bits per heavy atom. The van der Waals surface area contributed by atoms with Gasteiger partial charge in [0.1, 0.15) is 5.78 Å². The summed E-state index contributed by atoms with van der Waals surface area (Å²) in [4.78, 5) is 13.8. The maximum Gasteiger partial charge on any atom is 0.150 e. The molecule has 68 valence electrons. The van der Waals surface area contributed by atoms with Crippen LogP contribution in [0.3, 0.4) is 0 Å². The summed E-state index contributed by atoms with van der Waals surface area (Å²) in [6.45, 7) is 1.84. The molecule has 2 fully saturated rings. The van der Waals surface area contributed by atoms with Crippen molar-refractivity contribution in [3.05, 3.63) is 0 Å². The van der Waals surface area contributed by atoms with Crippen LogP contribution < -0.4 is 0 Å². The first-order valence-electron chi connectivity index (χ1n) is 4.98. The Balaban J connectivity index is 2.06.